The highest BCUT2D eigenvalue weighted by Crippen LogP contribution is 2.38. The van der Waals surface area contributed by atoms with Crippen molar-refractivity contribution in [2.45, 2.75) is 26.7 Å². The minimum atomic E-state index is -0.480. The van der Waals surface area contributed by atoms with Crippen LogP contribution in [0.5, 0.6) is 5.88 Å². The van der Waals surface area contributed by atoms with Crippen LogP contribution in [-0.2, 0) is 16.0 Å². The van der Waals surface area contributed by atoms with Crippen molar-refractivity contribution >= 4 is 16.6 Å². The third kappa shape index (κ3) is 2.66. The van der Waals surface area contributed by atoms with Crippen LogP contribution in [0.3, 0.4) is 0 Å². The smallest absolute Gasteiger partial charge is 0.222 e. The number of aromatic hydroxyl groups is 1. The number of ether oxygens (including phenoxy) is 2. The predicted octanol–water partition coefficient (Wildman–Crippen LogP) is 3.14. The molecule has 1 aromatic heterocycles. The van der Waals surface area contributed by atoms with Gasteiger partial charge in [-0.25, -0.2) is 0 Å². The van der Waals surface area contributed by atoms with E-state index in [2.05, 4.69) is 5.18 Å². The van der Waals surface area contributed by atoms with Gasteiger partial charge in [0, 0.05) is 18.6 Å². The normalized spacial score (nSPS) is 11.3. The molecule has 2 aromatic rings. The van der Waals surface area contributed by atoms with Gasteiger partial charge in [-0.1, -0.05) is 18.2 Å². The van der Waals surface area contributed by atoms with Gasteiger partial charge >= 0.3 is 0 Å². The number of para-hydroxylation sites is 1. The van der Waals surface area contributed by atoms with E-state index in [0.717, 1.165) is 5.52 Å². The molecule has 0 bridgehead atoms. The van der Waals surface area contributed by atoms with Crippen LogP contribution >= 0.6 is 0 Å². The lowest BCUT2D eigenvalue weighted by atomic mass is 10.2. The molecule has 0 radical (unpaired) electrons. The molecule has 0 aliphatic carbocycles. The highest BCUT2D eigenvalue weighted by atomic mass is 16.7. The van der Waals surface area contributed by atoms with Gasteiger partial charge in [0.2, 0.25) is 5.88 Å². The molecule has 0 unspecified atom stereocenters. The monoisotopic (exact) mass is 278 g/mol. The van der Waals surface area contributed by atoms with Crippen LogP contribution in [-0.4, -0.2) is 29.2 Å². The van der Waals surface area contributed by atoms with Crippen molar-refractivity contribution in [3.63, 3.8) is 0 Å². The van der Waals surface area contributed by atoms with Crippen LogP contribution in [0.15, 0.2) is 29.4 Å². The summed E-state index contributed by atoms with van der Waals surface area (Å²) >= 11 is 0. The molecular formula is C14H18N2O4. The summed E-state index contributed by atoms with van der Waals surface area (Å²) in [5.41, 5.74) is 0.774. The van der Waals surface area contributed by atoms with E-state index < -0.39 is 6.29 Å². The van der Waals surface area contributed by atoms with Crippen molar-refractivity contribution < 1.29 is 14.6 Å². The number of nitroso groups, excluding NO2 is 1. The van der Waals surface area contributed by atoms with Crippen molar-refractivity contribution in [2.24, 2.45) is 5.18 Å². The van der Waals surface area contributed by atoms with Gasteiger partial charge < -0.3 is 19.1 Å². The maximum absolute atomic E-state index is 10.9. The highest BCUT2D eigenvalue weighted by molar-refractivity contribution is 5.95. The average Bonchev–Trinajstić information content (AvgIpc) is 2.72. The van der Waals surface area contributed by atoms with Crippen LogP contribution in [0, 0.1) is 4.91 Å². The second-order valence-corrected chi connectivity index (χ2v) is 4.23. The Balaban J connectivity index is 2.42. The van der Waals surface area contributed by atoms with E-state index in [1.54, 1.807) is 16.7 Å². The Bertz CT molecular complexity index is 588. The molecule has 2 rings (SSSR count). The van der Waals surface area contributed by atoms with Crippen molar-refractivity contribution in [3.05, 3.63) is 29.2 Å². The molecule has 0 saturated heterocycles. The number of benzene rings is 1. The van der Waals surface area contributed by atoms with Crippen LogP contribution < -0.4 is 0 Å². The Labute approximate surface area is 116 Å². The van der Waals surface area contributed by atoms with Gasteiger partial charge in [0.25, 0.3) is 0 Å². The average molecular weight is 278 g/mol. The van der Waals surface area contributed by atoms with Crippen LogP contribution in [0.2, 0.25) is 0 Å². The maximum atomic E-state index is 10.9. The molecule has 0 saturated carbocycles. The zero-order chi connectivity index (χ0) is 14.5. The zero-order valence-electron chi connectivity index (χ0n) is 11.6. The standard InChI is InChI=1S/C14H18N2O4/c1-3-19-12(20-4-2)9-16-11-8-6-5-7-10(11)13(15-18)14(16)17/h5-8,12,17H,3-4,9H2,1-2H3. The maximum Gasteiger partial charge on any atom is 0.222 e. The summed E-state index contributed by atoms with van der Waals surface area (Å²) in [4.78, 5) is 10.9. The molecule has 6 heteroatoms. The molecule has 0 spiro atoms. The fraction of sp³-hybridized carbons (Fsp3) is 0.429. The summed E-state index contributed by atoms with van der Waals surface area (Å²) in [7, 11) is 0. The second-order valence-electron chi connectivity index (χ2n) is 4.23. The molecule has 6 nitrogen and oxygen atoms in total. The Kier molecular flexibility index (Phi) is 4.70. The SMILES string of the molecule is CCOC(Cn1c(O)c(N=O)c2ccccc21)OCC. The largest absolute Gasteiger partial charge is 0.493 e. The third-order valence-corrected chi connectivity index (χ3v) is 3.05. The molecule has 0 atom stereocenters. The molecule has 20 heavy (non-hydrogen) atoms. The van der Waals surface area contributed by atoms with Gasteiger partial charge in [-0.2, -0.15) is 0 Å². The number of aromatic nitrogens is 1. The van der Waals surface area contributed by atoms with Crippen molar-refractivity contribution in [2.75, 3.05) is 13.2 Å². The Morgan fingerprint density at radius 3 is 2.50 bits per heavy atom. The van der Waals surface area contributed by atoms with E-state index in [9.17, 15) is 10.0 Å². The molecule has 0 aliphatic heterocycles. The van der Waals surface area contributed by atoms with Gasteiger partial charge in [0.15, 0.2) is 12.0 Å². The van der Waals surface area contributed by atoms with E-state index in [-0.39, 0.29) is 11.6 Å². The van der Waals surface area contributed by atoms with E-state index in [1.807, 2.05) is 26.0 Å². The predicted molar refractivity (Wildman–Crippen MR) is 76.1 cm³/mol. The molecule has 1 heterocycles. The summed E-state index contributed by atoms with van der Waals surface area (Å²) in [5, 5.41) is 13.7. The summed E-state index contributed by atoms with van der Waals surface area (Å²) in [6.07, 6.45) is -0.480. The quantitative estimate of drug-likeness (QED) is 0.623. The van der Waals surface area contributed by atoms with Gasteiger partial charge in [0.1, 0.15) is 0 Å². The lowest BCUT2D eigenvalue weighted by molar-refractivity contribution is -0.143. The van der Waals surface area contributed by atoms with Crippen LogP contribution in [0.4, 0.5) is 5.69 Å². The highest BCUT2D eigenvalue weighted by Gasteiger charge is 2.20. The third-order valence-electron chi connectivity index (χ3n) is 3.05. The molecule has 1 N–H and O–H groups in total. The number of hydrogen-bond acceptors (Lipinski definition) is 5. The van der Waals surface area contributed by atoms with Crippen molar-refractivity contribution in [1.82, 2.24) is 4.57 Å². The van der Waals surface area contributed by atoms with E-state index in [1.165, 1.54) is 0 Å². The second kappa shape index (κ2) is 6.49. The van der Waals surface area contributed by atoms with E-state index in [4.69, 9.17) is 9.47 Å². The summed E-state index contributed by atoms with van der Waals surface area (Å²) in [6, 6.07) is 7.20. The molecule has 0 fully saturated rings. The fourth-order valence-electron chi connectivity index (χ4n) is 2.22. The zero-order valence-corrected chi connectivity index (χ0v) is 11.6. The summed E-state index contributed by atoms with van der Waals surface area (Å²) in [5.74, 6) is -0.161. The van der Waals surface area contributed by atoms with Gasteiger partial charge in [-0.05, 0) is 25.1 Å². The van der Waals surface area contributed by atoms with E-state index in [0.29, 0.717) is 25.1 Å². The van der Waals surface area contributed by atoms with Gasteiger partial charge in [-0.15, -0.1) is 4.91 Å². The number of fused-ring (bicyclic) bond motifs is 1. The van der Waals surface area contributed by atoms with Crippen molar-refractivity contribution in [3.8, 4) is 5.88 Å². The Morgan fingerprint density at radius 1 is 1.25 bits per heavy atom. The minimum Gasteiger partial charge on any atom is -0.493 e. The minimum absolute atomic E-state index is 0.0485. The lowest BCUT2D eigenvalue weighted by Crippen LogP contribution is -2.23. The number of rotatable bonds is 7. The van der Waals surface area contributed by atoms with Crippen LogP contribution in [0.25, 0.3) is 10.9 Å². The van der Waals surface area contributed by atoms with Gasteiger partial charge in [0.05, 0.1) is 12.1 Å². The molecule has 1 aromatic carbocycles. The first-order chi connectivity index (χ1) is 9.72. The molecule has 108 valence electrons. The lowest BCUT2D eigenvalue weighted by Gasteiger charge is -2.18. The first-order valence-electron chi connectivity index (χ1n) is 6.59. The summed E-state index contributed by atoms with van der Waals surface area (Å²) in [6.45, 7) is 5.05. The molecular weight excluding hydrogens is 260 g/mol. The van der Waals surface area contributed by atoms with Crippen molar-refractivity contribution in [1.29, 1.82) is 0 Å². The summed E-state index contributed by atoms with van der Waals surface area (Å²) < 4.78 is 12.5. The topological polar surface area (TPSA) is 73.0 Å². The number of hydrogen-bond donors (Lipinski definition) is 1. The first-order valence-corrected chi connectivity index (χ1v) is 6.59. The molecule has 0 amide bonds. The van der Waals surface area contributed by atoms with E-state index >= 15 is 0 Å². The Hall–Kier alpha value is -1.92. The van der Waals surface area contributed by atoms with Crippen LogP contribution in [0.1, 0.15) is 13.8 Å². The van der Waals surface area contributed by atoms with Gasteiger partial charge in [-0.3, -0.25) is 0 Å². The first kappa shape index (κ1) is 14.5. The fourth-order valence-corrected chi connectivity index (χ4v) is 2.22. The number of nitrogens with zero attached hydrogens (tertiary/aromatic N) is 2. The Morgan fingerprint density at radius 2 is 1.90 bits per heavy atom. The molecule has 0 aliphatic rings.